The molecule has 3 rings (SSSR count). The lowest BCUT2D eigenvalue weighted by Crippen LogP contribution is -2.43. The van der Waals surface area contributed by atoms with Gasteiger partial charge in [-0.2, -0.15) is 0 Å². The predicted octanol–water partition coefficient (Wildman–Crippen LogP) is 8.47. The average Bonchev–Trinajstić information content (AvgIpc) is 2.96. The van der Waals surface area contributed by atoms with E-state index in [0.29, 0.717) is 16.6 Å². The highest BCUT2D eigenvalue weighted by Crippen LogP contribution is 2.42. The molecule has 182 valence electrons. The van der Waals surface area contributed by atoms with Crippen LogP contribution in [0.15, 0.2) is 47.9 Å². The Labute approximate surface area is 209 Å². The monoisotopic (exact) mass is 474 g/mol. The van der Waals surface area contributed by atoms with E-state index in [1.54, 1.807) is 0 Å². The smallest absolute Gasteiger partial charge is 0.400 e. The van der Waals surface area contributed by atoms with Crippen molar-refractivity contribution in [3.05, 3.63) is 53.5 Å². The first-order valence-corrected chi connectivity index (χ1v) is 15.0. The Balaban J connectivity index is 2.23. The third-order valence-corrected chi connectivity index (χ3v) is 14.6. The van der Waals surface area contributed by atoms with Crippen LogP contribution >= 0.6 is 0 Å². The van der Waals surface area contributed by atoms with Crippen LogP contribution in [-0.2, 0) is 9.31 Å². The Bertz CT molecular complexity index is 1090. The van der Waals surface area contributed by atoms with Gasteiger partial charge in [-0.3, -0.25) is 0 Å². The van der Waals surface area contributed by atoms with Crippen LogP contribution < -0.4 is 0 Å². The van der Waals surface area contributed by atoms with Crippen LogP contribution in [0.1, 0.15) is 81.7 Å². The van der Waals surface area contributed by atoms with Gasteiger partial charge in [-0.05, 0) is 79.1 Å². The Morgan fingerprint density at radius 2 is 1.29 bits per heavy atom. The van der Waals surface area contributed by atoms with E-state index in [0.717, 1.165) is 16.6 Å². The first-order chi connectivity index (χ1) is 15.7. The van der Waals surface area contributed by atoms with Crippen molar-refractivity contribution >= 4 is 31.5 Å². The van der Waals surface area contributed by atoms with E-state index in [1.807, 2.05) is 0 Å². The zero-order chi connectivity index (χ0) is 25.5. The molecule has 0 atom stereocenters. The lowest BCUT2D eigenvalue weighted by molar-refractivity contribution is 0.00578. The van der Waals surface area contributed by atoms with E-state index in [1.165, 1.54) is 10.8 Å². The molecule has 0 N–H and O–H groups in total. The third-order valence-electron chi connectivity index (χ3n) is 8.31. The summed E-state index contributed by atoms with van der Waals surface area (Å²) in [6.45, 7) is 24.7. The van der Waals surface area contributed by atoms with Crippen LogP contribution in [0.2, 0.25) is 16.6 Å². The van der Waals surface area contributed by atoms with Crippen molar-refractivity contribution < 1.29 is 9.31 Å². The highest BCUT2D eigenvalue weighted by Gasteiger charge is 2.52. The molecule has 1 aliphatic rings. The maximum atomic E-state index is 6.45. The average molecular weight is 475 g/mol. The van der Waals surface area contributed by atoms with E-state index in [2.05, 4.69) is 130 Å². The van der Waals surface area contributed by atoms with Gasteiger partial charge in [0, 0.05) is 5.57 Å². The summed E-state index contributed by atoms with van der Waals surface area (Å²) in [7, 11) is -2.30. The first kappa shape index (κ1) is 26.8. The molecular weight excluding hydrogens is 431 g/mol. The maximum Gasteiger partial charge on any atom is 0.491 e. The molecule has 0 aromatic heterocycles. The van der Waals surface area contributed by atoms with Gasteiger partial charge in [0.15, 0.2) is 0 Å². The number of hydrogen-bond donors (Lipinski definition) is 0. The highest BCUT2D eigenvalue weighted by atomic mass is 28.3. The molecule has 0 saturated carbocycles. The van der Waals surface area contributed by atoms with E-state index < -0.39 is 15.2 Å². The number of benzene rings is 2. The first-order valence-electron chi connectivity index (χ1n) is 12.8. The van der Waals surface area contributed by atoms with Gasteiger partial charge in [0.05, 0.1) is 11.2 Å². The van der Waals surface area contributed by atoms with E-state index in [4.69, 9.17) is 9.31 Å². The van der Waals surface area contributed by atoms with Gasteiger partial charge in [0.25, 0.3) is 0 Å². The Hall–Kier alpha value is -1.80. The van der Waals surface area contributed by atoms with Crippen LogP contribution in [0.3, 0.4) is 0 Å². The molecule has 0 radical (unpaired) electrons. The van der Waals surface area contributed by atoms with Crippen molar-refractivity contribution in [2.24, 2.45) is 0 Å². The maximum absolute atomic E-state index is 6.45. The summed E-state index contributed by atoms with van der Waals surface area (Å²) >= 11 is 0. The van der Waals surface area contributed by atoms with Gasteiger partial charge in [-0.25, -0.2) is 0 Å². The molecule has 0 unspecified atom stereocenters. The van der Waals surface area contributed by atoms with Gasteiger partial charge in [0.2, 0.25) is 0 Å². The fourth-order valence-electron chi connectivity index (χ4n) is 5.48. The lowest BCUT2D eigenvalue weighted by atomic mass is 9.75. The normalized spacial score (nSPS) is 18.5. The standard InChI is InChI=1S/C30H43BO2Si/c1-21(2)34(22(3)4,23(5)6)19-18-28(24(7)31-32-29(8,9)30(10,11)33-31)27-17-16-25-14-12-13-15-26(25)20-27/h12-17,20-23H,1-11H3/b28-24+. The summed E-state index contributed by atoms with van der Waals surface area (Å²) in [4.78, 5) is 0. The summed E-state index contributed by atoms with van der Waals surface area (Å²) in [5.74, 6) is 3.75. The lowest BCUT2D eigenvalue weighted by Gasteiger charge is -2.38. The number of fused-ring (bicyclic) bond motifs is 1. The number of hydrogen-bond acceptors (Lipinski definition) is 2. The van der Waals surface area contributed by atoms with Gasteiger partial charge in [-0.15, -0.1) is 5.54 Å². The molecule has 2 aromatic carbocycles. The minimum atomic E-state index is -1.90. The minimum absolute atomic E-state index is 0.382. The summed E-state index contributed by atoms with van der Waals surface area (Å²) < 4.78 is 12.9. The van der Waals surface area contributed by atoms with Crippen molar-refractivity contribution in [2.45, 2.75) is 104 Å². The molecule has 0 bridgehead atoms. The molecule has 1 aliphatic heterocycles. The number of allylic oxidation sites excluding steroid dienone is 2. The molecule has 2 aromatic rings. The van der Waals surface area contributed by atoms with Crippen LogP contribution in [0.4, 0.5) is 0 Å². The summed E-state index contributed by atoms with van der Waals surface area (Å²) in [6.07, 6.45) is 0. The molecule has 34 heavy (non-hydrogen) atoms. The fraction of sp³-hybridized carbons (Fsp3) is 0.533. The van der Waals surface area contributed by atoms with Crippen molar-refractivity contribution in [2.75, 3.05) is 0 Å². The molecule has 1 heterocycles. The van der Waals surface area contributed by atoms with Crippen molar-refractivity contribution in [1.29, 1.82) is 0 Å². The molecular formula is C30H43BO2Si. The van der Waals surface area contributed by atoms with Crippen LogP contribution in [0.25, 0.3) is 16.3 Å². The Morgan fingerprint density at radius 3 is 1.79 bits per heavy atom. The fourth-order valence-corrected chi connectivity index (χ4v) is 10.7. The summed E-state index contributed by atoms with van der Waals surface area (Å²) in [6, 6.07) is 15.2. The second-order valence-corrected chi connectivity index (χ2v) is 17.4. The molecule has 1 saturated heterocycles. The van der Waals surface area contributed by atoms with Gasteiger partial charge < -0.3 is 9.31 Å². The largest absolute Gasteiger partial charge is 0.491 e. The van der Waals surface area contributed by atoms with Gasteiger partial charge in [0.1, 0.15) is 8.07 Å². The Kier molecular flexibility index (Phi) is 7.64. The molecule has 0 amide bonds. The van der Waals surface area contributed by atoms with Crippen molar-refractivity contribution in [3.8, 4) is 11.5 Å². The minimum Gasteiger partial charge on any atom is -0.400 e. The van der Waals surface area contributed by atoms with Crippen molar-refractivity contribution in [1.82, 2.24) is 0 Å². The molecule has 0 aliphatic carbocycles. The van der Waals surface area contributed by atoms with Crippen LogP contribution in [-0.4, -0.2) is 26.4 Å². The SMILES string of the molecule is C/C(B1OC(C)(C)C(C)(C)O1)=C(/C#C[Si](C(C)C)(C(C)C)C(C)C)c1ccc2ccccc2c1. The zero-order valence-corrected chi connectivity index (χ0v) is 24.2. The zero-order valence-electron chi connectivity index (χ0n) is 23.2. The predicted molar refractivity (Wildman–Crippen MR) is 151 cm³/mol. The number of rotatable bonds is 5. The van der Waals surface area contributed by atoms with Gasteiger partial charge in [-0.1, -0.05) is 83.9 Å². The van der Waals surface area contributed by atoms with E-state index in [-0.39, 0.29) is 11.2 Å². The molecule has 4 heteroatoms. The Morgan fingerprint density at radius 1 is 0.794 bits per heavy atom. The molecule has 2 nitrogen and oxygen atoms in total. The quantitative estimate of drug-likeness (QED) is 0.320. The third kappa shape index (κ3) is 4.81. The second-order valence-electron chi connectivity index (χ2n) is 11.9. The highest BCUT2D eigenvalue weighted by molar-refractivity contribution is 6.90. The van der Waals surface area contributed by atoms with E-state index >= 15 is 0 Å². The van der Waals surface area contributed by atoms with Crippen molar-refractivity contribution in [3.63, 3.8) is 0 Å². The second kappa shape index (κ2) is 9.69. The topological polar surface area (TPSA) is 18.5 Å². The van der Waals surface area contributed by atoms with Crippen LogP contribution in [0, 0.1) is 11.5 Å². The van der Waals surface area contributed by atoms with E-state index in [9.17, 15) is 0 Å². The van der Waals surface area contributed by atoms with Gasteiger partial charge >= 0.3 is 7.12 Å². The summed E-state index contributed by atoms with van der Waals surface area (Å²) in [5.41, 5.74) is 8.15. The molecule has 1 fully saturated rings. The summed E-state index contributed by atoms with van der Waals surface area (Å²) in [5, 5.41) is 2.46. The van der Waals surface area contributed by atoms with Crippen LogP contribution in [0.5, 0.6) is 0 Å². The molecule has 0 spiro atoms.